The lowest BCUT2D eigenvalue weighted by atomic mass is 10.2. The van der Waals surface area contributed by atoms with Crippen LogP contribution in [-0.4, -0.2) is 33.4 Å². The molecule has 2 heterocycles. The average Bonchev–Trinajstić information content (AvgIpc) is 2.91. The lowest BCUT2D eigenvalue weighted by Crippen LogP contribution is -2.48. The maximum absolute atomic E-state index is 12.5. The van der Waals surface area contributed by atoms with Gasteiger partial charge in [0.05, 0.1) is 4.87 Å². The Morgan fingerprint density at radius 2 is 2.29 bits per heavy atom. The fourth-order valence-corrected chi connectivity index (χ4v) is 4.52. The van der Waals surface area contributed by atoms with Gasteiger partial charge in [0.15, 0.2) is 0 Å². The van der Waals surface area contributed by atoms with E-state index in [1.807, 2.05) is 26.0 Å². The van der Waals surface area contributed by atoms with Crippen molar-refractivity contribution < 1.29 is 9.59 Å². The first kappa shape index (κ1) is 14.7. The number of nitrogens with zero attached hydrogens (tertiary/aromatic N) is 1. The van der Waals surface area contributed by atoms with Crippen molar-refractivity contribution in [1.29, 1.82) is 0 Å². The van der Waals surface area contributed by atoms with Crippen molar-refractivity contribution in [2.75, 3.05) is 11.1 Å². The first-order chi connectivity index (χ1) is 9.90. The molecule has 1 N–H and O–H groups in total. The van der Waals surface area contributed by atoms with Crippen LogP contribution in [0, 0.1) is 6.92 Å². The third kappa shape index (κ3) is 2.53. The number of aryl methyl sites for hydroxylation is 1. The zero-order valence-corrected chi connectivity index (χ0v) is 13.6. The van der Waals surface area contributed by atoms with Gasteiger partial charge in [-0.3, -0.25) is 9.59 Å². The summed E-state index contributed by atoms with van der Waals surface area (Å²) < 4.78 is 0. The maximum Gasteiger partial charge on any atom is 0.248 e. The highest BCUT2D eigenvalue weighted by molar-refractivity contribution is 8.01. The molecule has 1 aromatic rings. The number of fused-ring (bicyclic) bond motifs is 1. The number of anilines is 1. The van der Waals surface area contributed by atoms with E-state index < -0.39 is 6.04 Å². The van der Waals surface area contributed by atoms with E-state index in [1.165, 1.54) is 0 Å². The Morgan fingerprint density at radius 1 is 1.52 bits per heavy atom. The van der Waals surface area contributed by atoms with Crippen molar-refractivity contribution in [2.24, 2.45) is 0 Å². The standard InChI is InChI=1S/C15H17ClN2O2S/c1-9-3-4-10(7-11(9)16)17-14(20)12-8-21-15(2)6-5-13(19)18(12)15/h3-4,7,12H,5-6,8H2,1-2H3,(H,17,20)/t12-,15+/m0/s1. The van der Waals surface area contributed by atoms with Crippen LogP contribution in [0.5, 0.6) is 0 Å². The van der Waals surface area contributed by atoms with Crippen molar-refractivity contribution in [3.05, 3.63) is 28.8 Å². The van der Waals surface area contributed by atoms with Crippen LogP contribution in [0.25, 0.3) is 0 Å². The molecule has 4 nitrogen and oxygen atoms in total. The van der Waals surface area contributed by atoms with E-state index in [0.717, 1.165) is 12.0 Å². The van der Waals surface area contributed by atoms with Gasteiger partial charge >= 0.3 is 0 Å². The monoisotopic (exact) mass is 324 g/mol. The molecule has 0 unspecified atom stereocenters. The summed E-state index contributed by atoms with van der Waals surface area (Å²) in [5.41, 5.74) is 1.63. The molecule has 0 spiro atoms. The van der Waals surface area contributed by atoms with E-state index in [4.69, 9.17) is 11.6 Å². The molecule has 2 aliphatic rings. The zero-order valence-electron chi connectivity index (χ0n) is 12.0. The maximum atomic E-state index is 12.5. The normalized spacial score (nSPS) is 27.9. The zero-order chi connectivity index (χ0) is 15.2. The van der Waals surface area contributed by atoms with Crippen LogP contribution in [0.4, 0.5) is 5.69 Å². The Kier molecular flexibility index (Phi) is 3.66. The highest BCUT2D eigenvalue weighted by atomic mass is 35.5. The Hall–Kier alpha value is -1.20. The second-order valence-electron chi connectivity index (χ2n) is 5.72. The van der Waals surface area contributed by atoms with Crippen LogP contribution in [0.3, 0.4) is 0 Å². The molecule has 21 heavy (non-hydrogen) atoms. The molecule has 0 aliphatic carbocycles. The molecule has 112 valence electrons. The molecule has 0 radical (unpaired) electrons. The van der Waals surface area contributed by atoms with E-state index >= 15 is 0 Å². The van der Waals surface area contributed by atoms with Crippen LogP contribution in [0.2, 0.25) is 5.02 Å². The van der Waals surface area contributed by atoms with E-state index in [0.29, 0.717) is 22.9 Å². The molecule has 2 atom stereocenters. The van der Waals surface area contributed by atoms with Crippen LogP contribution in [0.15, 0.2) is 18.2 Å². The van der Waals surface area contributed by atoms with Crippen molar-refractivity contribution >= 4 is 40.9 Å². The SMILES string of the molecule is Cc1ccc(NC(=O)[C@@H]2CS[C@]3(C)CCC(=O)N23)cc1Cl. The van der Waals surface area contributed by atoms with Gasteiger partial charge in [-0.25, -0.2) is 0 Å². The Balaban J connectivity index is 1.77. The van der Waals surface area contributed by atoms with Gasteiger partial charge in [0.2, 0.25) is 11.8 Å². The summed E-state index contributed by atoms with van der Waals surface area (Å²) in [7, 11) is 0. The molecule has 2 amide bonds. The Bertz CT molecular complexity index is 622. The molecule has 0 bridgehead atoms. The molecule has 0 aromatic heterocycles. The van der Waals surface area contributed by atoms with Crippen LogP contribution in [0.1, 0.15) is 25.3 Å². The first-order valence-electron chi connectivity index (χ1n) is 6.94. The molecule has 0 saturated carbocycles. The first-order valence-corrected chi connectivity index (χ1v) is 8.30. The fraction of sp³-hybridized carbons (Fsp3) is 0.467. The average molecular weight is 325 g/mol. The predicted molar refractivity (Wildman–Crippen MR) is 85.5 cm³/mol. The number of benzene rings is 1. The second-order valence-corrected chi connectivity index (χ2v) is 7.63. The van der Waals surface area contributed by atoms with Crippen LogP contribution in [-0.2, 0) is 9.59 Å². The van der Waals surface area contributed by atoms with E-state index in [-0.39, 0.29) is 16.7 Å². The van der Waals surface area contributed by atoms with E-state index in [2.05, 4.69) is 5.32 Å². The summed E-state index contributed by atoms with van der Waals surface area (Å²) in [4.78, 5) is 26.1. The molecule has 3 rings (SSSR count). The molecule has 2 saturated heterocycles. The molecule has 2 fully saturated rings. The van der Waals surface area contributed by atoms with E-state index in [9.17, 15) is 9.59 Å². The summed E-state index contributed by atoms with van der Waals surface area (Å²) in [5.74, 6) is 0.583. The predicted octanol–water partition coefficient (Wildman–Crippen LogP) is 3.04. The molecule has 1 aromatic carbocycles. The van der Waals surface area contributed by atoms with Gasteiger partial charge in [-0.1, -0.05) is 17.7 Å². The van der Waals surface area contributed by atoms with Gasteiger partial charge in [-0.2, -0.15) is 0 Å². The number of rotatable bonds is 2. The van der Waals surface area contributed by atoms with Gasteiger partial charge in [-0.05, 0) is 38.0 Å². The van der Waals surface area contributed by atoms with Gasteiger partial charge in [0, 0.05) is 22.9 Å². The van der Waals surface area contributed by atoms with Crippen molar-refractivity contribution in [2.45, 2.75) is 37.6 Å². The number of carbonyl (C=O) groups is 2. The number of halogens is 1. The number of hydrogen-bond donors (Lipinski definition) is 1. The fourth-order valence-electron chi connectivity index (χ4n) is 2.91. The minimum Gasteiger partial charge on any atom is -0.324 e. The lowest BCUT2D eigenvalue weighted by molar-refractivity contribution is -0.135. The van der Waals surface area contributed by atoms with Gasteiger partial charge in [0.25, 0.3) is 0 Å². The number of nitrogens with one attached hydrogen (secondary N) is 1. The van der Waals surface area contributed by atoms with Crippen LogP contribution >= 0.6 is 23.4 Å². The Labute approximate surface area is 133 Å². The summed E-state index contributed by atoms with van der Waals surface area (Å²) in [6.45, 7) is 3.95. The largest absolute Gasteiger partial charge is 0.324 e. The number of amides is 2. The quantitative estimate of drug-likeness (QED) is 0.909. The van der Waals surface area contributed by atoms with Crippen LogP contribution < -0.4 is 5.32 Å². The molecular formula is C15H17ClN2O2S. The third-order valence-corrected chi connectivity index (χ3v) is 6.10. The lowest BCUT2D eigenvalue weighted by Gasteiger charge is -2.29. The number of carbonyl (C=O) groups excluding carboxylic acids is 2. The topological polar surface area (TPSA) is 49.4 Å². The van der Waals surface area contributed by atoms with Gasteiger partial charge in [-0.15, -0.1) is 11.8 Å². The Morgan fingerprint density at radius 3 is 3.00 bits per heavy atom. The van der Waals surface area contributed by atoms with Crippen molar-refractivity contribution in [3.8, 4) is 0 Å². The summed E-state index contributed by atoms with van der Waals surface area (Å²) in [5, 5.41) is 3.49. The van der Waals surface area contributed by atoms with Crippen molar-refractivity contribution in [1.82, 2.24) is 4.90 Å². The van der Waals surface area contributed by atoms with Gasteiger partial charge < -0.3 is 10.2 Å². The van der Waals surface area contributed by atoms with E-state index in [1.54, 1.807) is 22.7 Å². The molecule has 2 aliphatic heterocycles. The highest BCUT2D eigenvalue weighted by Crippen LogP contribution is 2.47. The third-order valence-electron chi connectivity index (χ3n) is 4.19. The molecular weight excluding hydrogens is 308 g/mol. The minimum absolute atomic E-state index is 0.0737. The number of hydrogen-bond acceptors (Lipinski definition) is 3. The summed E-state index contributed by atoms with van der Waals surface area (Å²) in [6, 6.07) is 5.04. The van der Waals surface area contributed by atoms with Crippen molar-refractivity contribution in [3.63, 3.8) is 0 Å². The summed E-state index contributed by atoms with van der Waals surface area (Å²) >= 11 is 7.76. The smallest absolute Gasteiger partial charge is 0.248 e. The number of thioether (sulfide) groups is 1. The summed E-state index contributed by atoms with van der Waals surface area (Å²) in [6.07, 6.45) is 1.35. The molecule has 6 heteroatoms. The van der Waals surface area contributed by atoms with Gasteiger partial charge in [0.1, 0.15) is 6.04 Å². The minimum atomic E-state index is -0.393. The highest BCUT2D eigenvalue weighted by Gasteiger charge is 2.52. The second kappa shape index (κ2) is 5.21.